The topological polar surface area (TPSA) is 103 Å². The lowest BCUT2D eigenvalue weighted by atomic mass is 10.2. The summed E-state index contributed by atoms with van der Waals surface area (Å²) in [6.07, 6.45) is 3.04. The number of pyridine rings is 1. The van der Waals surface area contributed by atoms with Gasteiger partial charge in [0.1, 0.15) is 18.6 Å². The number of carbonyl (C=O) groups is 1. The second-order valence-corrected chi connectivity index (χ2v) is 5.89. The van der Waals surface area contributed by atoms with Crippen LogP contribution in [-0.4, -0.2) is 37.2 Å². The van der Waals surface area contributed by atoms with Gasteiger partial charge >= 0.3 is 0 Å². The summed E-state index contributed by atoms with van der Waals surface area (Å²) in [6, 6.07) is 10.8. The minimum absolute atomic E-state index is 0.129. The van der Waals surface area contributed by atoms with Crippen LogP contribution in [0.1, 0.15) is 5.56 Å². The Bertz CT molecular complexity index is 1180. The number of nitrogens with zero attached hydrogens (tertiary/aromatic N) is 5. The predicted octanol–water partition coefficient (Wildman–Crippen LogP) is 0.764. The lowest BCUT2D eigenvalue weighted by Crippen LogP contribution is -2.33. The number of benzene rings is 1. The Labute approximate surface area is 153 Å². The van der Waals surface area contributed by atoms with Crippen LogP contribution in [0.3, 0.4) is 0 Å². The van der Waals surface area contributed by atoms with E-state index in [2.05, 4.69) is 20.5 Å². The average molecular weight is 364 g/mol. The Balaban J connectivity index is 1.59. The smallest absolute Gasteiger partial charge is 0.297 e. The number of methoxy groups -OCH3 is 1. The van der Waals surface area contributed by atoms with E-state index < -0.39 is 5.56 Å². The standard InChI is InChI=1S/C18H16N6O3/c1-27-13-6-4-12(5-7-13)9-20-15(25)10-23-14-3-2-8-19-16(14)24-11-21-22-17(24)18(23)26/h2-8,11H,9-10H2,1H3,(H,20,25). The van der Waals surface area contributed by atoms with Crippen LogP contribution >= 0.6 is 0 Å². The van der Waals surface area contributed by atoms with E-state index in [0.717, 1.165) is 11.3 Å². The van der Waals surface area contributed by atoms with Crippen molar-refractivity contribution in [3.05, 3.63) is 64.8 Å². The van der Waals surface area contributed by atoms with Crippen LogP contribution in [0.25, 0.3) is 16.8 Å². The van der Waals surface area contributed by atoms with Crippen molar-refractivity contribution >= 4 is 22.7 Å². The molecular weight excluding hydrogens is 348 g/mol. The highest BCUT2D eigenvalue weighted by Crippen LogP contribution is 2.12. The maximum atomic E-state index is 12.7. The number of hydrogen-bond donors (Lipinski definition) is 1. The normalized spacial score (nSPS) is 11.0. The van der Waals surface area contributed by atoms with E-state index in [1.54, 1.807) is 25.4 Å². The number of aromatic nitrogens is 5. The summed E-state index contributed by atoms with van der Waals surface area (Å²) in [4.78, 5) is 29.4. The third-order valence-corrected chi connectivity index (χ3v) is 4.22. The first kappa shape index (κ1) is 16.7. The highest BCUT2D eigenvalue weighted by molar-refractivity contribution is 5.80. The minimum Gasteiger partial charge on any atom is -0.497 e. The van der Waals surface area contributed by atoms with Crippen LogP contribution in [0.2, 0.25) is 0 Å². The molecule has 0 radical (unpaired) electrons. The molecule has 27 heavy (non-hydrogen) atoms. The average Bonchev–Trinajstić information content (AvgIpc) is 3.20. The molecule has 0 bridgehead atoms. The molecule has 136 valence electrons. The zero-order valence-electron chi connectivity index (χ0n) is 14.5. The van der Waals surface area contributed by atoms with E-state index in [1.165, 1.54) is 15.3 Å². The fourth-order valence-electron chi connectivity index (χ4n) is 2.85. The molecule has 0 spiro atoms. The van der Waals surface area contributed by atoms with Gasteiger partial charge in [-0.3, -0.25) is 18.6 Å². The van der Waals surface area contributed by atoms with Crippen molar-refractivity contribution in [2.24, 2.45) is 0 Å². The molecule has 0 fully saturated rings. The summed E-state index contributed by atoms with van der Waals surface area (Å²) in [7, 11) is 1.60. The van der Waals surface area contributed by atoms with Gasteiger partial charge in [-0.1, -0.05) is 12.1 Å². The maximum Gasteiger partial charge on any atom is 0.297 e. The number of carbonyl (C=O) groups excluding carboxylic acids is 1. The van der Waals surface area contributed by atoms with Crippen molar-refractivity contribution < 1.29 is 9.53 Å². The molecule has 0 saturated carbocycles. The molecule has 3 heterocycles. The molecule has 9 heteroatoms. The van der Waals surface area contributed by atoms with Gasteiger partial charge < -0.3 is 10.1 Å². The van der Waals surface area contributed by atoms with Crippen LogP contribution in [0.4, 0.5) is 0 Å². The SMILES string of the molecule is COc1ccc(CNC(=O)Cn2c(=O)c3nncn3c3ncccc32)cc1. The molecule has 3 aromatic heterocycles. The fourth-order valence-corrected chi connectivity index (χ4v) is 2.85. The zero-order valence-corrected chi connectivity index (χ0v) is 14.5. The zero-order chi connectivity index (χ0) is 18.8. The van der Waals surface area contributed by atoms with E-state index in [0.29, 0.717) is 17.7 Å². The summed E-state index contributed by atoms with van der Waals surface area (Å²) in [5.41, 5.74) is 1.71. The second kappa shape index (κ2) is 6.87. The number of hydrogen-bond acceptors (Lipinski definition) is 6. The van der Waals surface area contributed by atoms with E-state index >= 15 is 0 Å². The van der Waals surface area contributed by atoms with E-state index in [9.17, 15) is 9.59 Å². The largest absolute Gasteiger partial charge is 0.497 e. The summed E-state index contributed by atoms with van der Waals surface area (Å²) < 4.78 is 7.99. The van der Waals surface area contributed by atoms with Gasteiger partial charge in [-0.25, -0.2) is 4.98 Å². The molecule has 4 rings (SSSR count). The quantitative estimate of drug-likeness (QED) is 0.561. The lowest BCUT2D eigenvalue weighted by Gasteiger charge is -2.11. The number of nitrogens with one attached hydrogen (secondary N) is 1. The number of amides is 1. The van der Waals surface area contributed by atoms with Gasteiger partial charge in [0.25, 0.3) is 5.56 Å². The second-order valence-electron chi connectivity index (χ2n) is 5.89. The number of ether oxygens (including phenoxy) is 1. The molecular formula is C18H16N6O3. The van der Waals surface area contributed by atoms with Crippen LogP contribution in [0.15, 0.2) is 53.7 Å². The monoisotopic (exact) mass is 364 g/mol. The number of fused-ring (bicyclic) bond motifs is 3. The number of rotatable bonds is 5. The Hall–Kier alpha value is -3.75. The predicted molar refractivity (Wildman–Crippen MR) is 97.4 cm³/mol. The van der Waals surface area contributed by atoms with Gasteiger partial charge in [0.05, 0.1) is 12.6 Å². The van der Waals surface area contributed by atoms with Crippen LogP contribution in [0.5, 0.6) is 5.75 Å². The third-order valence-electron chi connectivity index (χ3n) is 4.22. The van der Waals surface area contributed by atoms with Crippen molar-refractivity contribution in [3.8, 4) is 5.75 Å². The van der Waals surface area contributed by atoms with Crippen molar-refractivity contribution in [3.63, 3.8) is 0 Å². The summed E-state index contributed by atoms with van der Waals surface area (Å²) >= 11 is 0. The van der Waals surface area contributed by atoms with Gasteiger partial charge in [0.15, 0.2) is 5.65 Å². The minimum atomic E-state index is -0.396. The van der Waals surface area contributed by atoms with Crippen LogP contribution in [-0.2, 0) is 17.9 Å². The molecule has 1 aromatic carbocycles. The first-order chi connectivity index (χ1) is 13.2. The first-order valence-corrected chi connectivity index (χ1v) is 8.24. The van der Waals surface area contributed by atoms with Gasteiger partial charge in [-0.15, -0.1) is 10.2 Å². The van der Waals surface area contributed by atoms with Crippen molar-refractivity contribution in [2.45, 2.75) is 13.1 Å². The molecule has 0 atom stereocenters. The molecule has 4 aromatic rings. The molecule has 1 N–H and O–H groups in total. The Morgan fingerprint density at radius 3 is 2.78 bits per heavy atom. The van der Waals surface area contributed by atoms with Crippen LogP contribution < -0.4 is 15.6 Å². The maximum absolute atomic E-state index is 12.7. The van der Waals surface area contributed by atoms with Gasteiger partial charge in [-0.2, -0.15) is 0 Å². The van der Waals surface area contributed by atoms with Gasteiger partial charge in [0.2, 0.25) is 11.6 Å². The van der Waals surface area contributed by atoms with Crippen LogP contribution in [0, 0.1) is 0 Å². The summed E-state index contributed by atoms with van der Waals surface area (Å²) in [5.74, 6) is 0.458. The Morgan fingerprint density at radius 1 is 1.19 bits per heavy atom. The molecule has 0 aliphatic rings. The summed E-state index contributed by atoms with van der Waals surface area (Å²) in [6.45, 7) is 0.210. The van der Waals surface area contributed by atoms with E-state index in [4.69, 9.17) is 4.74 Å². The highest BCUT2D eigenvalue weighted by Gasteiger charge is 2.15. The van der Waals surface area contributed by atoms with Crippen molar-refractivity contribution in [1.29, 1.82) is 0 Å². The molecule has 0 aliphatic heterocycles. The molecule has 0 aliphatic carbocycles. The Morgan fingerprint density at radius 2 is 2.00 bits per heavy atom. The third kappa shape index (κ3) is 3.10. The Kier molecular flexibility index (Phi) is 4.25. The summed E-state index contributed by atoms with van der Waals surface area (Å²) in [5, 5.41) is 10.4. The van der Waals surface area contributed by atoms with Crippen molar-refractivity contribution in [2.75, 3.05) is 7.11 Å². The molecule has 0 unspecified atom stereocenters. The highest BCUT2D eigenvalue weighted by atomic mass is 16.5. The van der Waals surface area contributed by atoms with E-state index in [1.807, 2.05) is 24.3 Å². The first-order valence-electron chi connectivity index (χ1n) is 8.24. The lowest BCUT2D eigenvalue weighted by molar-refractivity contribution is -0.121. The molecule has 1 amide bonds. The fraction of sp³-hybridized carbons (Fsp3) is 0.167. The molecule has 0 saturated heterocycles. The van der Waals surface area contributed by atoms with Crippen molar-refractivity contribution in [1.82, 2.24) is 29.5 Å². The van der Waals surface area contributed by atoms with Gasteiger partial charge in [0, 0.05) is 12.7 Å². The van der Waals surface area contributed by atoms with Gasteiger partial charge in [-0.05, 0) is 29.8 Å². The van der Waals surface area contributed by atoms with E-state index in [-0.39, 0.29) is 18.1 Å². The molecule has 9 nitrogen and oxygen atoms in total.